The van der Waals surface area contributed by atoms with Crippen LogP contribution in [0.15, 0.2) is 0 Å². The summed E-state index contributed by atoms with van der Waals surface area (Å²) < 4.78 is 0. The maximum atomic E-state index is 10.5. The lowest BCUT2D eigenvalue weighted by molar-refractivity contribution is 0.244. The molecule has 1 fully saturated rings. The van der Waals surface area contributed by atoms with Crippen molar-refractivity contribution in [3.05, 3.63) is 0 Å². The average molecular weight is 157 g/mol. The molecule has 0 radical (unpaired) electrons. The highest BCUT2D eigenvalue weighted by Gasteiger charge is 2.11. The molecule has 0 aromatic rings. The van der Waals surface area contributed by atoms with Crippen molar-refractivity contribution in [1.29, 1.82) is 0 Å². The van der Waals surface area contributed by atoms with Gasteiger partial charge in [-0.2, -0.15) is 0 Å². The highest BCUT2D eigenvalue weighted by molar-refractivity contribution is 5.71. The number of nitrogens with one attached hydrogen (secondary N) is 2. The van der Waals surface area contributed by atoms with Crippen molar-refractivity contribution >= 4 is 6.03 Å². The molecule has 4 heteroatoms. The van der Waals surface area contributed by atoms with Crippen molar-refractivity contribution in [2.45, 2.75) is 25.3 Å². The van der Waals surface area contributed by atoms with Gasteiger partial charge in [0, 0.05) is 6.04 Å². The fourth-order valence-corrected chi connectivity index (χ4v) is 1.36. The number of carbonyl (C=O) groups is 1. The van der Waals surface area contributed by atoms with Gasteiger partial charge in [-0.05, 0) is 32.4 Å². The van der Waals surface area contributed by atoms with Crippen molar-refractivity contribution < 1.29 is 4.79 Å². The SMILES string of the molecule is NC(=O)NC1CCCNCC1. The lowest BCUT2D eigenvalue weighted by atomic mass is 10.1. The third-order valence-electron chi connectivity index (χ3n) is 1.92. The van der Waals surface area contributed by atoms with Crippen LogP contribution in [0.4, 0.5) is 4.79 Å². The number of hydrogen-bond donors (Lipinski definition) is 3. The first-order valence-corrected chi connectivity index (χ1v) is 4.06. The molecule has 1 aliphatic heterocycles. The van der Waals surface area contributed by atoms with E-state index in [-0.39, 0.29) is 6.04 Å². The first kappa shape index (κ1) is 8.33. The monoisotopic (exact) mass is 157 g/mol. The van der Waals surface area contributed by atoms with E-state index in [1.165, 1.54) is 0 Å². The van der Waals surface area contributed by atoms with E-state index in [1.807, 2.05) is 0 Å². The van der Waals surface area contributed by atoms with Crippen LogP contribution in [0.5, 0.6) is 0 Å². The van der Waals surface area contributed by atoms with Crippen molar-refractivity contribution in [3.8, 4) is 0 Å². The predicted molar refractivity (Wildman–Crippen MR) is 43.2 cm³/mol. The topological polar surface area (TPSA) is 67.2 Å². The molecule has 1 atom stereocenters. The first-order valence-electron chi connectivity index (χ1n) is 4.06. The Labute approximate surface area is 66.5 Å². The molecule has 1 unspecified atom stereocenters. The average Bonchev–Trinajstić information content (AvgIpc) is 2.14. The van der Waals surface area contributed by atoms with Gasteiger partial charge in [0.05, 0.1) is 0 Å². The van der Waals surface area contributed by atoms with Crippen molar-refractivity contribution in [2.75, 3.05) is 13.1 Å². The maximum Gasteiger partial charge on any atom is 0.312 e. The minimum atomic E-state index is -0.406. The summed E-state index contributed by atoms with van der Waals surface area (Å²) in [5.74, 6) is 0. The van der Waals surface area contributed by atoms with Crippen molar-refractivity contribution in [2.24, 2.45) is 5.73 Å². The smallest absolute Gasteiger partial charge is 0.312 e. The normalized spacial score (nSPS) is 25.6. The summed E-state index contributed by atoms with van der Waals surface area (Å²) >= 11 is 0. The Kier molecular flexibility index (Phi) is 3.16. The number of hydrogen-bond acceptors (Lipinski definition) is 2. The summed E-state index contributed by atoms with van der Waals surface area (Å²) in [6.07, 6.45) is 3.14. The van der Waals surface area contributed by atoms with Gasteiger partial charge in [0.15, 0.2) is 0 Å². The van der Waals surface area contributed by atoms with Crippen molar-refractivity contribution in [1.82, 2.24) is 10.6 Å². The second-order valence-corrected chi connectivity index (χ2v) is 2.89. The molecule has 0 saturated carbocycles. The fraction of sp³-hybridized carbons (Fsp3) is 0.857. The molecule has 0 aliphatic carbocycles. The van der Waals surface area contributed by atoms with Crippen LogP contribution >= 0.6 is 0 Å². The summed E-state index contributed by atoms with van der Waals surface area (Å²) in [6.45, 7) is 2.03. The summed E-state index contributed by atoms with van der Waals surface area (Å²) in [6, 6.07) is -0.126. The van der Waals surface area contributed by atoms with Crippen LogP contribution < -0.4 is 16.4 Å². The molecule has 4 nitrogen and oxygen atoms in total. The number of urea groups is 1. The predicted octanol–water partition coefficient (Wildman–Crippen LogP) is -0.203. The third-order valence-corrected chi connectivity index (χ3v) is 1.92. The Balaban J connectivity index is 2.25. The third kappa shape index (κ3) is 3.23. The zero-order valence-corrected chi connectivity index (χ0v) is 6.60. The minimum Gasteiger partial charge on any atom is -0.352 e. The molecular formula is C7H15N3O. The second kappa shape index (κ2) is 4.18. The molecule has 0 bridgehead atoms. The molecule has 1 rings (SSSR count). The highest BCUT2D eigenvalue weighted by Crippen LogP contribution is 2.03. The minimum absolute atomic E-state index is 0.280. The van der Waals surface area contributed by atoms with Crippen molar-refractivity contribution in [3.63, 3.8) is 0 Å². The number of amides is 2. The molecule has 1 aliphatic rings. The van der Waals surface area contributed by atoms with Gasteiger partial charge in [-0.15, -0.1) is 0 Å². The molecular weight excluding hydrogens is 142 g/mol. The van der Waals surface area contributed by atoms with Gasteiger partial charge in [-0.1, -0.05) is 0 Å². The molecule has 1 saturated heterocycles. The van der Waals surface area contributed by atoms with Crippen LogP contribution in [0, 0.1) is 0 Å². The van der Waals surface area contributed by atoms with E-state index in [0.717, 1.165) is 32.4 Å². The number of carbonyl (C=O) groups excluding carboxylic acids is 1. The Hall–Kier alpha value is -0.770. The Morgan fingerprint density at radius 3 is 3.00 bits per heavy atom. The van der Waals surface area contributed by atoms with Crippen LogP contribution in [-0.4, -0.2) is 25.2 Å². The van der Waals surface area contributed by atoms with Crippen LogP contribution in [-0.2, 0) is 0 Å². The second-order valence-electron chi connectivity index (χ2n) is 2.89. The Bertz CT molecular complexity index is 130. The van der Waals surface area contributed by atoms with Gasteiger partial charge in [0.25, 0.3) is 0 Å². The van der Waals surface area contributed by atoms with E-state index >= 15 is 0 Å². The number of primary amides is 1. The lowest BCUT2D eigenvalue weighted by Crippen LogP contribution is -2.38. The quantitative estimate of drug-likeness (QED) is 0.493. The van der Waals surface area contributed by atoms with E-state index in [4.69, 9.17) is 5.73 Å². The van der Waals surface area contributed by atoms with E-state index in [1.54, 1.807) is 0 Å². The molecule has 4 N–H and O–H groups in total. The number of rotatable bonds is 1. The molecule has 1 heterocycles. The molecule has 0 spiro atoms. The van der Waals surface area contributed by atoms with E-state index in [0.29, 0.717) is 0 Å². The fourth-order valence-electron chi connectivity index (χ4n) is 1.36. The van der Waals surface area contributed by atoms with Gasteiger partial charge in [0.1, 0.15) is 0 Å². The van der Waals surface area contributed by atoms with Crippen LogP contribution in [0.25, 0.3) is 0 Å². The zero-order valence-electron chi connectivity index (χ0n) is 6.60. The van der Waals surface area contributed by atoms with Crippen LogP contribution in [0.3, 0.4) is 0 Å². The first-order chi connectivity index (χ1) is 5.29. The molecule has 2 amide bonds. The summed E-state index contributed by atoms with van der Waals surface area (Å²) in [4.78, 5) is 10.5. The summed E-state index contributed by atoms with van der Waals surface area (Å²) in [5, 5.41) is 5.98. The highest BCUT2D eigenvalue weighted by atomic mass is 16.2. The number of nitrogens with two attached hydrogens (primary N) is 1. The summed E-state index contributed by atoms with van der Waals surface area (Å²) in [5.41, 5.74) is 5.00. The van der Waals surface area contributed by atoms with Gasteiger partial charge < -0.3 is 16.4 Å². The molecule has 11 heavy (non-hydrogen) atoms. The standard InChI is InChI=1S/C7H15N3O/c8-7(11)10-6-2-1-4-9-5-3-6/h6,9H,1-5H2,(H3,8,10,11). The zero-order chi connectivity index (χ0) is 8.10. The molecule has 64 valence electrons. The van der Waals surface area contributed by atoms with E-state index < -0.39 is 6.03 Å². The summed E-state index contributed by atoms with van der Waals surface area (Å²) in [7, 11) is 0. The van der Waals surface area contributed by atoms with Gasteiger partial charge in [-0.3, -0.25) is 0 Å². The largest absolute Gasteiger partial charge is 0.352 e. The van der Waals surface area contributed by atoms with E-state index in [9.17, 15) is 4.79 Å². The molecule has 0 aromatic carbocycles. The lowest BCUT2D eigenvalue weighted by Gasteiger charge is -2.13. The van der Waals surface area contributed by atoms with Gasteiger partial charge in [-0.25, -0.2) is 4.79 Å². The maximum absolute atomic E-state index is 10.5. The Morgan fingerprint density at radius 1 is 1.45 bits per heavy atom. The van der Waals surface area contributed by atoms with Crippen LogP contribution in [0.2, 0.25) is 0 Å². The van der Waals surface area contributed by atoms with E-state index in [2.05, 4.69) is 10.6 Å². The van der Waals surface area contributed by atoms with Gasteiger partial charge >= 0.3 is 6.03 Å². The van der Waals surface area contributed by atoms with Gasteiger partial charge in [0.2, 0.25) is 0 Å². The Morgan fingerprint density at radius 2 is 2.27 bits per heavy atom. The van der Waals surface area contributed by atoms with Crippen LogP contribution in [0.1, 0.15) is 19.3 Å². The molecule has 0 aromatic heterocycles.